The van der Waals surface area contributed by atoms with Gasteiger partial charge in [-0.15, -0.1) is 0 Å². The van der Waals surface area contributed by atoms with Gasteiger partial charge in [0.2, 0.25) is 0 Å². The first-order valence-electron chi connectivity index (χ1n) is 7.59. The van der Waals surface area contributed by atoms with Crippen LogP contribution < -0.4 is 0 Å². The molecule has 3 rings (SSSR count). The maximum Gasteiger partial charge on any atom is 0.255 e. The first-order chi connectivity index (χ1) is 11.5. The van der Waals surface area contributed by atoms with Crippen molar-refractivity contribution in [2.24, 2.45) is 0 Å². The number of carbonyl (C=O) groups is 1. The number of sulfone groups is 1. The second-order valence-electron chi connectivity index (χ2n) is 5.77. The molecule has 0 radical (unpaired) electrons. The summed E-state index contributed by atoms with van der Waals surface area (Å²) in [7, 11) is -3.28. The van der Waals surface area contributed by atoms with E-state index in [2.05, 4.69) is 20.9 Å². The van der Waals surface area contributed by atoms with Crippen LogP contribution in [0, 0.1) is 0 Å². The Hall–Kier alpha value is -1.67. The Morgan fingerprint density at radius 2 is 2.08 bits per heavy atom. The highest BCUT2D eigenvalue weighted by Crippen LogP contribution is 2.23. The zero-order valence-electron chi connectivity index (χ0n) is 12.9. The van der Waals surface area contributed by atoms with Gasteiger partial charge in [-0.1, -0.05) is 0 Å². The lowest BCUT2D eigenvalue weighted by molar-refractivity contribution is 0.0725. The molecule has 0 atom stereocenters. The fourth-order valence-corrected chi connectivity index (χ4v) is 4.93. The van der Waals surface area contributed by atoms with Gasteiger partial charge >= 0.3 is 0 Å². The van der Waals surface area contributed by atoms with Crippen LogP contribution in [0.3, 0.4) is 0 Å². The molecule has 1 fully saturated rings. The topological polar surface area (TPSA) is 80.5 Å². The van der Waals surface area contributed by atoms with Crippen molar-refractivity contribution in [1.82, 2.24) is 9.88 Å². The van der Waals surface area contributed by atoms with Crippen LogP contribution >= 0.6 is 15.9 Å². The Kier molecular flexibility index (Phi) is 5.05. The smallest absolute Gasteiger partial charge is 0.255 e. The van der Waals surface area contributed by atoms with Crippen LogP contribution in [0.1, 0.15) is 29.0 Å². The minimum Gasteiger partial charge on any atom is -0.468 e. The third-order valence-electron chi connectivity index (χ3n) is 4.11. The summed E-state index contributed by atoms with van der Waals surface area (Å²) in [6.45, 7) is 0.848. The van der Waals surface area contributed by atoms with E-state index >= 15 is 0 Å². The minimum atomic E-state index is -3.28. The summed E-state index contributed by atoms with van der Waals surface area (Å²) in [6, 6.07) is 5.06. The number of piperidine rings is 1. The molecule has 8 heteroatoms. The summed E-state index contributed by atoms with van der Waals surface area (Å²) in [5.41, 5.74) is 0.501. The van der Waals surface area contributed by atoms with Gasteiger partial charge in [0.1, 0.15) is 11.5 Å². The van der Waals surface area contributed by atoms with E-state index in [0.717, 1.165) is 4.47 Å². The van der Waals surface area contributed by atoms with E-state index in [4.69, 9.17) is 4.42 Å². The Morgan fingerprint density at radius 1 is 1.33 bits per heavy atom. The van der Waals surface area contributed by atoms with Crippen molar-refractivity contribution in [2.45, 2.75) is 23.8 Å². The largest absolute Gasteiger partial charge is 0.468 e. The average molecular weight is 413 g/mol. The molecule has 2 aromatic heterocycles. The highest BCUT2D eigenvalue weighted by molar-refractivity contribution is 9.10. The molecule has 0 aliphatic carbocycles. The Bertz CT molecular complexity index is 812. The van der Waals surface area contributed by atoms with Gasteiger partial charge in [0.25, 0.3) is 5.91 Å². The average Bonchev–Trinajstić information content (AvgIpc) is 3.06. The lowest BCUT2D eigenvalue weighted by Crippen LogP contribution is -2.42. The Balaban J connectivity index is 1.62. The molecule has 0 bridgehead atoms. The third-order valence-corrected chi connectivity index (χ3v) is 6.72. The number of furan rings is 1. The summed E-state index contributed by atoms with van der Waals surface area (Å²) in [5, 5.41) is -0.438. The third kappa shape index (κ3) is 3.87. The van der Waals surface area contributed by atoms with Gasteiger partial charge in [0.15, 0.2) is 9.84 Å². The fraction of sp³-hybridized carbons (Fsp3) is 0.375. The van der Waals surface area contributed by atoms with Crippen molar-refractivity contribution < 1.29 is 17.6 Å². The van der Waals surface area contributed by atoms with Crippen molar-refractivity contribution in [3.05, 3.63) is 52.7 Å². The van der Waals surface area contributed by atoms with Crippen LogP contribution in [-0.4, -0.2) is 42.5 Å². The summed E-state index contributed by atoms with van der Waals surface area (Å²) in [4.78, 5) is 18.1. The number of aromatic nitrogens is 1. The minimum absolute atomic E-state index is 0.0891. The maximum atomic E-state index is 12.5. The van der Waals surface area contributed by atoms with Gasteiger partial charge in [-0.2, -0.15) is 0 Å². The van der Waals surface area contributed by atoms with E-state index < -0.39 is 15.1 Å². The van der Waals surface area contributed by atoms with E-state index in [0.29, 0.717) is 37.3 Å². The zero-order valence-corrected chi connectivity index (χ0v) is 15.3. The number of nitrogens with zero attached hydrogens (tertiary/aromatic N) is 2. The fourth-order valence-electron chi connectivity index (χ4n) is 2.84. The number of halogens is 1. The van der Waals surface area contributed by atoms with Crippen molar-refractivity contribution in [1.29, 1.82) is 0 Å². The highest BCUT2D eigenvalue weighted by atomic mass is 79.9. The number of carbonyl (C=O) groups excluding carboxylic acids is 1. The second kappa shape index (κ2) is 7.06. The van der Waals surface area contributed by atoms with Crippen molar-refractivity contribution in [3.8, 4) is 0 Å². The molecule has 0 spiro atoms. The van der Waals surface area contributed by atoms with Gasteiger partial charge in [0.05, 0.1) is 17.1 Å². The van der Waals surface area contributed by atoms with Crippen LogP contribution in [0.5, 0.6) is 0 Å². The molecule has 128 valence electrons. The van der Waals surface area contributed by atoms with Crippen molar-refractivity contribution >= 4 is 31.7 Å². The molecule has 1 aliphatic rings. The molecule has 0 N–H and O–H groups in total. The quantitative estimate of drug-likeness (QED) is 0.770. The summed E-state index contributed by atoms with van der Waals surface area (Å²) < 4.78 is 30.8. The molecular weight excluding hydrogens is 396 g/mol. The number of amides is 1. The standard InChI is InChI=1S/C16H17BrN2O4S/c17-13-8-12(9-18-10-13)16(20)19-5-3-15(4-6-19)24(21,22)11-14-2-1-7-23-14/h1-2,7-10,15H,3-6,11H2. The van der Waals surface area contributed by atoms with Crippen LogP contribution in [-0.2, 0) is 15.6 Å². The number of hydrogen-bond acceptors (Lipinski definition) is 5. The maximum absolute atomic E-state index is 12.5. The monoisotopic (exact) mass is 412 g/mol. The highest BCUT2D eigenvalue weighted by Gasteiger charge is 2.32. The van der Waals surface area contributed by atoms with Crippen LogP contribution in [0.4, 0.5) is 0 Å². The predicted molar refractivity (Wildman–Crippen MR) is 92.2 cm³/mol. The molecule has 0 aromatic carbocycles. The van der Waals surface area contributed by atoms with Crippen molar-refractivity contribution in [3.63, 3.8) is 0 Å². The normalized spacial score (nSPS) is 16.3. The Morgan fingerprint density at radius 3 is 2.71 bits per heavy atom. The summed E-state index contributed by atoms with van der Waals surface area (Å²) in [5.74, 6) is 0.244. The number of likely N-dealkylation sites (tertiary alicyclic amines) is 1. The zero-order chi connectivity index (χ0) is 17.2. The number of hydrogen-bond donors (Lipinski definition) is 0. The predicted octanol–water partition coefficient (Wildman–Crippen LogP) is 2.66. The molecule has 24 heavy (non-hydrogen) atoms. The summed E-state index contributed by atoms with van der Waals surface area (Å²) >= 11 is 3.30. The van der Waals surface area contributed by atoms with Gasteiger partial charge in [-0.3, -0.25) is 9.78 Å². The molecule has 6 nitrogen and oxygen atoms in total. The lowest BCUT2D eigenvalue weighted by Gasteiger charge is -2.31. The number of pyridine rings is 1. The molecule has 1 aliphatic heterocycles. The van der Waals surface area contributed by atoms with E-state index in [-0.39, 0.29) is 11.7 Å². The molecule has 0 saturated carbocycles. The molecular formula is C16H17BrN2O4S. The molecule has 2 aromatic rings. The van der Waals surface area contributed by atoms with Crippen molar-refractivity contribution in [2.75, 3.05) is 13.1 Å². The molecule has 1 saturated heterocycles. The van der Waals surface area contributed by atoms with Gasteiger partial charge in [-0.05, 0) is 47.0 Å². The van der Waals surface area contributed by atoms with Gasteiger partial charge in [0, 0.05) is 30.0 Å². The van der Waals surface area contributed by atoms with Gasteiger partial charge in [-0.25, -0.2) is 8.42 Å². The van der Waals surface area contributed by atoms with Crippen LogP contribution in [0.25, 0.3) is 0 Å². The molecule has 1 amide bonds. The lowest BCUT2D eigenvalue weighted by atomic mass is 10.1. The van der Waals surface area contributed by atoms with E-state index in [1.165, 1.54) is 12.5 Å². The van der Waals surface area contributed by atoms with E-state index in [1.54, 1.807) is 29.3 Å². The van der Waals surface area contributed by atoms with E-state index in [9.17, 15) is 13.2 Å². The second-order valence-corrected chi connectivity index (χ2v) is 8.97. The SMILES string of the molecule is O=C(c1cncc(Br)c1)N1CCC(S(=O)(=O)Cc2ccco2)CC1. The van der Waals surface area contributed by atoms with Crippen LogP contribution in [0.15, 0.2) is 45.7 Å². The summed E-state index contributed by atoms with van der Waals surface area (Å²) in [6.07, 6.45) is 5.49. The Labute approximate surface area is 148 Å². The molecule has 0 unspecified atom stereocenters. The molecule has 3 heterocycles. The number of rotatable bonds is 4. The van der Waals surface area contributed by atoms with Crippen LogP contribution in [0.2, 0.25) is 0 Å². The van der Waals surface area contributed by atoms with E-state index in [1.807, 2.05) is 0 Å². The first-order valence-corrected chi connectivity index (χ1v) is 10.1. The van der Waals surface area contributed by atoms with Gasteiger partial charge < -0.3 is 9.32 Å². The first kappa shape index (κ1) is 17.2.